The Kier molecular flexibility index (Phi) is 2.22. The van der Waals surface area contributed by atoms with Crippen LogP contribution in [-0.4, -0.2) is 22.8 Å². The monoisotopic (exact) mass is 156 g/mol. The molecule has 0 saturated heterocycles. The maximum Gasteiger partial charge on any atom is 0.374 e. The Morgan fingerprint density at radius 1 is 1.82 bits per heavy atom. The van der Waals surface area contributed by atoms with Gasteiger partial charge in [-0.25, -0.2) is 4.79 Å². The summed E-state index contributed by atoms with van der Waals surface area (Å²) in [7, 11) is 0. The fourth-order valence-corrected chi connectivity index (χ4v) is 0.678. The standard InChI is InChI=1S/C6H8N2O3/c7-2-1-4-3-5(6(9)10)11-8-4/h3H,1-2,7H2,(H,9,10). The van der Waals surface area contributed by atoms with Crippen LogP contribution in [0.4, 0.5) is 0 Å². The third-order valence-electron chi connectivity index (χ3n) is 1.17. The van der Waals surface area contributed by atoms with Crippen LogP contribution in [0.15, 0.2) is 10.6 Å². The van der Waals surface area contributed by atoms with E-state index in [0.29, 0.717) is 18.7 Å². The molecule has 0 spiro atoms. The van der Waals surface area contributed by atoms with Crippen LogP contribution < -0.4 is 5.73 Å². The van der Waals surface area contributed by atoms with Crippen molar-refractivity contribution in [2.45, 2.75) is 6.42 Å². The molecule has 0 aliphatic carbocycles. The van der Waals surface area contributed by atoms with E-state index >= 15 is 0 Å². The summed E-state index contributed by atoms with van der Waals surface area (Å²) in [5.41, 5.74) is 5.79. The van der Waals surface area contributed by atoms with E-state index in [2.05, 4.69) is 9.68 Å². The van der Waals surface area contributed by atoms with Crippen molar-refractivity contribution in [2.75, 3.05) is 6.54 Å². The summed E-state index contributed by atoms with van der Waals surface area (Å²) in [5.74, 6) is -1.26. The number of hydrogen-bond donors (Lipinski definition) is 2. The minimum atomic E-state index is -1.11. The molecule has 60 valence electrons. The molecule has 1 rings (SSSR count). The van der Waals surface area contributed by atoms with E-state index in [9.17, 15) is 4.79 Å². The number of carboxylic acids is 1. The highest BCUT2D eigenvalue weighted by Gasteiger charge is 2.09. The van der Waals surface area contributed by atoms with Crippen molar-refractivity contribution in [3.63, 3.8) is 0 Å². The van der Waals surface area contributed by atoms with Gasteiger partial charge in [0.05, 0.1) is 5.69 Å². The molecule has 0 aliphatic heterocycles. The molecule has 1 aromatic heterocycles. The van der Waals surface area contributed by atoms with Gasteiger partial charge in [0, 0.05) is 12.5 Å². The summed E-state index contributed by atoms with van der Waals surface area (Å²) >= 11 is 0. The molecule has 0 aliphatic rings. The number of carbonyl (C=O) groups is 1. The third-order valence-corrected chi connectivity index (χ3v) is 1.17. The topological polar surface area (TPSA) is 89.4 Å². The van der Waals surface area contributed by atoms with Gasteiger partial charge < -0.3 is 15.4 Å². The summed E-state index contributed by atoms with van der Waals surface area (Å²) < 4.78 is 4.47. The molecular formula is C6H8N2O3. The number of nitrogens with zero attached hydrogens (tertiary/aromatic N) is 1. The van der Waals surface area contributed by atoms with Gasteiger partial charge in [-0.3, -0.25) is 0 Å². The molecule has 0 amide bonds. The molecule has 3 N–H and O–H groups in total. The fourth-order valence-electron chi connectivity index (χ4n) is 0.678. The normalized spacial score (nSPS) is 9.91. The zero-order valence-electron chi connectivity index (χ0n) is 5.78. The second-order valence-corrected chi connectivity index (χ2v) is 2.03. The van der Waals surface area contributed by atoms with Crippen molar-refractivity contribution in [2.24, 2.45) is 5.73 Å². The minimum absolute atomic E-state index is 0.145. The number of aromatic carboxylic acids is 1. The Morgan fingerprint density at radius 3 is 3.00 bits per heavy atom. The first-order chi connectivity index (χ1) is 5.24. The molecule has 0 fully saturated rings. The number of rotatable bonds is 3. The first-order valence-electron chi connectivity index (χ1n) is 3.13. The van der Waals surface area contributed by atoms with Gasteiger partial charge >= 0.3 is 5.97 Å². The summed E-state index contributed by atoms with van der Waals surface area (Å²) in [6.45, 7) is 0.436. The van der Waals surface area contributed by atoms with Crippen molar-refractivity contribution in [1.82, 2.24) is 5.16 Å². The molecule has 0 radical (unpaired) electrons. The second kappa shape index (κ2) is 3.16. The van der Waals surface area contributed by atoms with Crippen molar-refractivity contribution in [3.05, 3.63) is 17.5 Å². The average molecular weight is 156 g/mol. The maximum absolute atomic E-state index is 10.3. The lowest BCUT2D eigenvalue weighted by Crippen LogP contribution is -2.02. The van der Waals surface area contributed by atoms with E-state index in [-0.39, 0.29) is 5.76 Å². The van der Waals surface area contributed by atoms with Crippen LogP contribution in [0.2, 0.25) is 0 Å². The van der Waals surface area contributed by atoms with Gasteiger partial charge in [-0.2, -0.15) is 0 Å². The Labute approximate surface area is 62.8 Å². The van der Waals surface area contributed by atoms with Crippen molar-refractivity contribution < 1.29 is 14.4 Å². The van der Waals surface area contributed by atoms with Crippen LogP contribution >= 0.6 is 0 Å². The molecule has 0 bridgehead atoms. The van der Waals surface area contributed by atoms with E-state index in [4.69, 9.17) is 10.8 Å². The van der Waals surface area contributed by atoms with Gasteiger partial charge in [0.25, 0.3) is 0 Å². The minimum Gasteiger partial charge on any atom is -0.475 e. The molecule has 0 atom stereocenters. The first-order valence-corrected chi connectivity index (χ1v) is 3.13. The van der Waals surface area contributed by atoms with Crippen LogP contribution in [0.5, 0.6) is 0 Å². The molecular weight excluding hydrogens is 148 g/mol. The Bertz CT molecular complexity index is 256. The van der Waals surface area contributed by atoms with Gasteiger partial charge in [-0.05, 0) is 6.54 Å². The summed E-state index contributed by atoms with van der Waals surface area (Å²) in [4.78, 5) is 10.3. The van der Waals surface area contributed by atoms with E-state index in [1.165, 1.54) is 6.07 Å². The quantitative estimate of drug-likeness (QED) is 0.636. The van der Waals surface area contributed by atoms with Crippen LogP contribution in [0.3, 0.4) is 0 Å². The number of aromatic nitrogens is 1. The highest BCUT2D eigenvalue weighted by Crippen LogP contribution is 2.02. The molecule has 0 aromatic carbocycles. The van der Waals surface area contributed by atoms with Crippen molar-refractivity contribution in [1.29, 1.82) is 0 Å². The largest absolute Gasteiger partial charge is 0.475 e. The Balaban J connectivity index is 2.73. The van der Waals surface area contributed by atoms with Gasteiger partial charge in [-0.1, -0.05) is 5.16 Å². The summed E-state index contributed by atoms with van der Waals surface area (Å²) in [6.07, 6.45) is 0.538. The van der Waals surface area contributed by atoms with Gasteiger partial charge in [-0.15, -0.1) is 0 Å². The molecule has 1 heterocycles. The van der Waals surface area contributed by atoms with Crippen LogP contribution in [0, 0.1) is 0 Å². The zero-order chi connectivity index (χ0) is 8.27. The summed E-state index contributed by atoms with van der Waals surface area (Å²) in [6, 6.07) is 1.37. The van der Waals surface area contributed by atoms with Crippen LogP contribution in [0.1, 0.15) is 16.2 Å². The summed E-state index contributed by atoms with van der Waals surface area (Å²) in [5, 5.41) is 11.9. The van der Waals surface area contributed by atoms with Crippen molar-refractivity contribution >= 4 is 5.97 Å². The highest BCUT2D eigenvalue weighted by atomic mass is 16.5. The maximum atomic E-state index is 10.3. The number of hydrogen-bond acceptors (Lipinski definition) is 4. The van der Waals surface area contributed by atoms with Crippen molar-refractivity contribution in [3.8, 4) is 0 Å². The Hall–Kier alpha value is -1.36. The van der Waals surface area contributed by atoms with Gasteiger partial charge in [0.1, 0.15) is 0 Å². The number of carboxylic acid groups (broad SMARTS) is 1. The van der Waals surface area contributed by atoms with Gasteiger partial charge in [0.2, 0.25) is 5.76 Å². The van der Waals surface area contributed by atoms with Gasteiger partial charge in [0.15, 0.2) is 0 Å². The lowest BCUT2D eigenvalue weighted by atomic mass is 10.3. The average Bonchev–Trinajstić information content (AvgIpc) is 2.37. The zero-order valence-corrected chi connectivity index (χ0v) is 5.78. The molecule has 0 saturated carbocycles. The fraction of sp³-hybridized carbons (Fsp3) is 0.333. The third kappa shape index (κ3) is 1.78. The van der Waals surface area contributed by atoms with Crippen LogP contribution in [0.25, 0.3) is 0 Å². The van der Waals surface area contributed by atoms with Crippen LogP contribution in [-0.2, 0) is 6.42 Å². The molecule has 11 heavy (non-hydrogen) atoms. The first kappa shape index (κ1) is 7.74. The number of nitrogens with two attached hydrogens (primary N) is 1. The van der Waals surface area contributed by atoms with E-state index in [1.54, 1.807) is 0 Å². The molecule has 0 unspecified atom stereocenters. The highest BCUT2D eigenvalue weighted by molar-refractivity contribution is 5.84. The molecule has 5 nitrogen and oxygen atoms in total. The SMILES string of the molecule is NCCc1cc(C(=O)O)on1. The lowest BCUT2D eigenvalue weighted by molar-refractivity contribution is 0.0652. The van der Waals surface area contributed by atoms with E-state index < -0.39 is 5.97 Å². The lowest BCUT2D eigenvalue weighted by Gasteiger charge is -1.83. The predicted molar refractivity (Wildman–Crippen MR) is 36.2 cm³/mol. The molecule has 1 aromatic rings. The van der Waals surface area contributed by atoms with E-state index in [1.807, 2.05) is 0 Å². The van der Waals surface area contributed by atoms with E-state index in [0.717, 1.165) is 0 Å². The molecule has 5 heteroatoms. The Morgan fingerprint density at radius 2 is 2.55 bits per heavy atom. The predicted octanol–water partition coefficient (Wildman–Crippen LogP) is -0.126. The smallest absolute Gasteiger partial charge is 0.374 e. The second-order valence-electron chi connectivity index (χ2n) is 2.03.